The zero-order valence-electron chi connectivity index (χ0n) is 18.9. The van der Waals surface area contributed by atoms with Crippen LogP contribution in [-0.2, 0) is 7.05 Å². The van der Waals surface area contributed by atoms with Gasteiger partial charge in [0.15, 0.2) is 11.5 Å². The van der Waals surface area contributed by atoms with Crippen LogP contribution in [0.2, 0.25) is 5.02 Å². The number of ether oxygens (including phenoxy) is 3. The largest absolute Gasteiger partial charge is 0.497 e. The number of amides is 1. The zero-order chi connectivity index (χ0) is 23.3. The first-order valence-electron chi connectivity index (χ1n) is 10.3. The van der Waals surface area contributed by atoms with E-state index >= 15 is 0 Å². The molecule has 32 heavy (non-hydrogen) atoms. The third kappa shape index (κ3) is 5.34. The van der Waals surface area contributed by atoms with E-state index in [9.17, 15) is 4.79 Å². The van der Waals surface area contributed by atoms with Gasteiger partial charge in [0.05, 0.1) is 25.8 Å². The molecular weight excluding hydrogens is 430 g/mol. The first-order valence-corrected chi connectivity index (χ1v) is 10.6. The van der Waals surface area contributed by atoms with Crippen LogP contribution in [0.1, 0.15) is 41.6 Å². The molecule has 0 radical (unpaired) electrons. The zero-order valence-corrected chi connectivity index (χ0v) is 19.6. The van der Waals surface area contributed by atoms with Gasteiger partial charge >= 0.3 is 0 Å². The van der Waals surface area contributed by atoms with Gasteiger partial charge in [0, 0.05) is 25.0 Å². The Morgan fingerprint density at radius 1 is 1.19 bits per heavy atom. The summed E-state index contributed by atoms with van der Waals surface area (Å²) < 4.78 is 18.4. The number of carbonyl (C=O) groups excluding carboxylic acids is 1. The number of aromatic nitrogens is 2. The quantitative estimate of drug-likeness (QED) is 0.506. The molecule has 0 aliphatic heterocycles. The minimum atomic E-state index is -0.501. The summed E-state index contributed by atoms with van der Waals surface area (Å²) >= 11 is 6.44. The summed E-state index contributed by atoms with van der Waals surface area (Å²) in [5, 5.41) is 3.37. The second-order valence-electron chi connectivity index (χ2n) is 7.77. The molecule has 3 aromatic rings. The molecule has 0 aliphatic rings. The van der Waals surface area contributed by atoms with Gasteiger partial charge in [-0.1, -0.05) is 37.6 Å². The summed E-state index contributed by atoms with van der Waals surface area (Å²) in [6, 6.07) is 10.2. The number of imidazole rings is 1. The van der Waals surface area contributed by atoms with E-state index < -0.39 is 6.04 Å². The summed E-state index contributed by atoms with van der Waals surface area (Å²) in [7, 11) is 5.00. The minimum absolute atomic E-state index is 0.310. The van der Waals surface area contributed by atoms with Gasteiger partial charge in [-0.3, -0.25) is 4.79 Å². The number of aryl methyl sites for hydroxylation is 1. The van der Waals surface area contributed by atoms with E-state index in [1.54, 1.807) is 25.4 Å². The van der Waals surface area contributed by atoms with Gasteiger partial charge in [0.25, 0.3) is 5.91 Å². The Balaban J connectivity index is 1.94. The van der Waals surface area contributed by atoms with Crippen LogP contribution in [-0.4, -0.2) is 36.3 Å². The van der Waals surface area contributed by atoms with Crippen LogP contribution >= 0.6 is 11.6 Å². The van der Waals surface area contributed by atoms with E-state index in [2.05, 4.69) is 10.3 Å². The highest BCUT2D eigenvalue weighted by atomic mass is 35.5. The first kappa shape index (κ1) is 23.5. The van der Waals surface area contributed by atoms with Crippen molar-refractivity contribution >= 4 is 17.5 Å². The highest BCUT2D eigenvalue weighted by molar-refractivity contribution is 6.32. The number of methoxy groups -OCH3 is 2. The van der Waals surface area contributed by atoms with Crippen molar-refractivity contribution in [1.29, 1.82) is 0 Å². The maximum absolute atomic E-state index is 13.3. The molecule has 3 rings (SSSR count). The van der Waals surface area contributed by atoms with Gasteiger partial charge in [-0.2, -0.15) is 0 Å². The van der Waals surface area contributed by atoms with Crippen LogP contribution in [0.5, 0.6) is 17.2 Å². The maximum atomic E-state index is 13.3. The van der Waals surface area contributed by atoms with E-state index in [0.29, 0.717) is 46.2 Å². The molecule has 2 aromatic carbocycles. The highest BCUT2D eigenvalue weighted by Gasteiger charge is 2.24. The summed E-state index contributed by atoms with van der Waals surface area (Å²) in [5.41, 5.74) is 1.19. The number of halogens is 1. The number of rotatable bonds is 9. The van der Waals surface area contributed by atoms with E-state index in [4.69, 9.17) is 25.8 Å². The van der Waals surface area contributed by atoms with Crippen LogP contribution in [0.4, 0.5) is 0 Å². The third-order valence-corrected chi connectivity index (χ3v) is 5.15. The van der Waals surface area contributed by atoms with E-state index in [0.717, 1.165) is 5.56 Å². The lowest BCUT2D eigenvalue weighted by molar-refractivity contribution is 0.0940. The number of hydrogen-bond acceptors (Lipinski definition) is 5. The van der Waals surface area contributed by atoms with E-state index in [1.807, 2.05) is 55.9 Å². The molecule has 0 saturated heterocycles. The van der Waals surface area contributed by atoms with E-state index in [-0.39, 0.29) is 5.91 Å². The van der Waals surface area contributed by atoms with Gasteiger partial charge in [0.1, 0.15) is 17.6 Å². The fourth-order valence-electron chi connectivity index (χ4n) is 3.23. The number of nitrogens with one attached hydrogen (secondary N) is 1. The molecule has 0 fully saturated rings. The average molecular weight is 458 g/mol. The van der Waals surface area contributed by atoms with Gasteiger partial charge in [0.2, 0.25) is 0 Å². The molecule has 170 valence electrons. The minimum Gasteiger partial charge on any atom is -0.497 e. The van der Waals surface area contributed by atoms with Gasteiger partial charge in [-0.25, -0.2) is 4.98 Å². The van der Waals surface area contributed by atoms with Crippen molar-refractivity contribution in [3.63, 3.8) is 0 Å². The molecule has 7 nitrogen and oxygen atoms in total. The molecule has 1 amide bonds. The molecule has 1 atom stereocenters. The molecule has 0 saturated carbocycles. The molecule has 1 unspecified atom stereocenters. The third-order valence-electron chi connectivity index (χ3n) is 4.87. The fraction of sp³-hybridized carbons (Fsp3) is 0.333. The number of carbonyl (C=O) groups is 1. The van der Waals surface area contributed by atoms with Crippen molar-refractivity contribution < 1.29 is 19.0 Å². The number of nitrogens with zero attached hydrogens (tertiary/aromatic N) is 2. The number of benzene rings is 2. The number of hydrogen-bond donors (Lipinski definition) is 1. The Morgan fingerprint density at radius 2 is 1.97 bits per heavy atom. The van der Waals surface area contributed by atoms with Crippen LogP contribution in [0, 0.1) is 5.92 Å². The molecule has 1 N–H and O–H groups in total. The van der Waals surface area contributed by atoms with Crippen LogP contribution in [0.15, 0.2) is 48.8 Å². The summed E-state index contributed by atoms with van der Waals surface area (Å²) in [6.07, 6.45) is 3.52. The Labute approximate surface area is 193 Å². The van der Waals surface area contributed by atoms with E-state index in [1.165, 1.54) is 7.11 Å². The molecule has 8 heteroatoms. The van der Waals surface area contributed by atoms with Crippen LogP contribution in [0.3, 0.4) is 0 Å². The predicted octanol–water partition coefficient (Wildman–Crippen LogP) is 4.64. The molecule has 0 bridgehead atoms. The fourth-order valence-corrected chi connectivity index (χ4v) is 3.49. The standard InChI is InChI=1S/C24H28ClN3O4/c1-15(2)14-32-22-19(25)12-17(13-20(22)31-5)24(29)27-21(23-26-9-10-28(23)3)16-7-6-8-18(11-16)30-4/h6-13,15,21H,14H2,1-5H3,(H,27,29). The second-order valence-corrected chi connectivity index (χ2v) is 8.18. The van der Waals surface area contributed by atoms with Crippen molar-refractivity contribution in [1.82, 2.24) is 14.9 Å². The lowest BCUT2D eigenvalue weighted by atomic mass is 10.0. The molecule has 0 spiro atoms. The Kier molecular flexibility index (Phi) is 7.64. The SMILES string of the molecule is COc1cccc(C(NC(=O)c2cc(Cl)c(OCC(C)C)c(OC)c2)c2nccn2C)c1. The van der Waals surface area contributed by atoms with Crippen molar-refractivity contribution in [3.05, 3.63) is 70.8 Å². The monoisotopic (exact) mass is 457 g/mol. The smallest absolute Gasteiger partial charge is 0.252 e. The van der Waals surface area contributed by atoms with Crippen molar-refractivity contribution in [2.45, 2.75) is 19.9 Å². The average Bonchev–Trinajstić information content (AvgIpc) is 3.21. The van der Waals surface area contributed by atoms with Crippen LogP contribution in [0.25, 0.3) is 0 Å². The second kappa shape index (κ2) is 10.4. The predicted molar refractivity (Wildman–Crippen MR) is 124 cm³/mol. The topological polar surface area (TPSA) is 74.6 Å². The summed E-state index contributed by atoms with van der Waals surface area (Å²) in [5.74, 6) is 2.19. The lowest BCUT2D eigenvalue weighted by Gasteiger charge is -2.20. The highest BCUT2D eigenvalue weighted by Crippen LogP contribution is 2.37. The Hall–Kier alpha value is -3.19. The Bertz CT molecular complexity index is 1080. The van der Waals surface area contributed by atoms with Crippen molar-refractivity contribution in [2.75, 3.05) is 20.8 Å². The Morgan fingerprint density at radius 3 is 2.59 bits per heavy atom. The molecule has 1 heterocycles. The normalized spacial score (nSPS) is 11.8. The summed E-state index contributed by atoms with van der Waals surface area (Å²) in [4.78, 5) is 17.7. The molecule has 0 aliphatic carbocycles. The maximum Gasteiger partial charge on any atom is 0.252 e. The van der Waals surface area contributed by atoms with Gasteiger partial charge < -0.3 is 24.1 Å². The lowest BCUT2D eigenvalue weighted by Crippen LogP contribution is -2.31. The first-order chi connectivity index (χ1) is 15.3. The van der Waals surface area contributed by atoms with Gasteiger partial charge in [-0.05, 0) is 35.7 Å². The summed E-state index contributed by atoms with van der Waals surface area (Å²) in [6.45, 7) is 4.57. The van der Waals surface area contributed by atoms with Gasteiger partial charge in [-0.15, -0.1) is 0 Å². The molecular formula is C24H28ClN3O4. The van der Waals surface area contributed by atoms with Crippen molar-refractivity contribution in [3.8, 4) is 17.2 Å². The molecule has 1 aromatic heterocycles. The van der Waals surface area contributed by atoms with Crippen LogP contribution < -0.4 is 19.5 Å². The van der Waals surface area contributed by atoms with Crippen molar-refractivity contribution in [2.24, 2.45) is 13.0 Å².